The highest BCUT2D eigenvalue weighted by Crippen LogP contribution is 2.25. The number of aryl methyl sites for hydroxylation is 1. The average Bonchev–Trinajstić information content (AvgIpc) is 3.18. The van der Waals surface area contributed by atoms with Crippen LogP contribution in [0, 0.1) is 5.41 Å². The van der Waals surface area contributed by atoms with E-state index < -0.39 is 11.4 Å². The molecule has 9 nitrogen and oxygen atoms in total. The van der Waals surface area contributed by atoms with Crippen molar-refractivity contribution in [3.05, 3.63) is 52.3 Å². The van der Waals surface area contributed by atoms with E-state index in [4.69, 9.17) is 14.6 Å². The molecular formula is C28H40N4O5. The minimum atomic E-state index is -0.450. The lowest BCUT2D eigenvalue weighted by Crippen LogP contribution is -2.30. The number of carbonyl (C=O) groups excluding carboxylic acids is 3. The molecule has 0 radical (unpaired) electrons. The number of benzene rings is 1. The number of ether oxygens (including phenoxy) is 2. The Kier molecular flexibility index (Phi) is 9.86. The molecule has 2 aromatic rings. The highest BCUT2D eigenvalue weighted by atomic mass is 16.5. The topological polar surface area (TPSA) is 112 Å². The minimum Gasteiger partial charge on any atom is -0.461 e. The molecule has 0 saturated heterocycles. The third-order valence-corrected chi connectivity index (χ3v) is 6.12. The van der Waals surface area contributed by atoms with Crippen molar-refractivity contribution in [2.45, 2.75) is 72.9 Å². The van der Waals surface area contributed by atoms with Crippen molar-refractivity contribution in [3.63, 3.8) is 0 Å². The van der Waals surface area contributed by atoms with E-state index in [2.05, 4.69) is 10.6 Å². The van der Waals surface area contributed by atoms with E-state index >= 15 is 0 Å². The van der Waals surface area contributed by atoms with Crippen molar-refractivity contribution < 1.29 is 23.9 Å². The Morgan fingerprint density at radius 2 is 1.84 bits per heavy atom. The fraction of sp³-hybridized carbons (Fsp3) is 0.571. The second-order valence-electron chi connectivity index (χ2n) is 10.6. The van der Waals surface area contributed by atoms with Crippen molar-refractivity contribution in [3.8, 4) is 0 Å². The van der Waals surface area contributed by atoms with E-state index in [-0.39, 0.29) is 24.5 Å². The highest BCUT2D eigenvalue weighted by Gasteiger charge is 2.28. The Morgan fingerprint density at radius 3 is 2.51 bits per heavy atom. The van der Waals surface area contributed by atoms with Gasteiger partial charge in [0.2, 0.25) is 0 Å². The third-order valence-electron chi connectivity index (χ3n) is 6.12. The maximum atomic E-state index is 13.0. The lowest BCUT2D eigenvalue weighted by molar-refractivity contribution is 0.0304. The van der Waals surface area contributed by atoms with Gasteiger partial charge in [0.25, 0.3) is 11.8 Å². The molecule has 1 aromatic carbocycles. The lowest BCUT2D eigenvalue weighted by Gasteiger charge is -2.25. The highest BCUT2D eigenvalue weighted by molar-refractivity contribution is 5.97. The summed E-state index contributed by atoms with van der Waals surface area (Å²) in [6, 6.07) is 6.47. The van der Waals surface area contributed by atoms with Gasteiger partial charge in [-0.25, -0.2) is 4.79 Å². The SMILES string of the molecule is CCc1nn(CC(C)(C)COC(=O)c2ccc(C(=O)NC(C)C)cc2)c2c1C(=O)NCCCOCCC2. The molecule has 2 heterocycles. The van der Waals surface area contributed by atoms with Gasteiger partial charge in [-0.2, -0.15) is 5.10 Å². The number of amides is 2. The molecule has 9 heteroatoms. The Balaban J connectivity index is 1.69. The van der Waals surface area contributed by atoms with Crippen molar-refractivity contribution in [2.75, 3.05) is 26.4 Å². The zero-order chi connectivity index (χ0) is 27.0. The van der Waals surface area contributed by atoms with Gasteiger partial charge in [-0.3, -0.25) is 14.3 Å². The summed E-state index contributed by atoms with van der Waals surface area (Å²) in [5.74, 6) is -0.719. The number of fused-ring (bicyclic) bond motifs is 1. The lowest BCUT2D eigenvalue weighted by atomic mass is 9.94. The summed E-state index contributed by atoms with van der Waals surface area (Å²) in [7, 11) is 0. The first-order chi connectivity index (χ1) is 17.6. The van der Waals surface area contributed by atoms with Crippen LogP contribution >= 0.6 is 0 Å². The number of nitrogens with one attached hydrogen (secondary N) is 2. The second kappa shape index (κ2) is 12.9. The van der Waals surface area contributed by atoms with Gasteiger partial charge >= 0.3 is 5.97 Å². The van der Waals surface area contributed by atoms with Crippen molar-refractivity contribution >= 4 is 17.8 Å². The molecule has 3 rings (SSSR count). The number of rotatable bonds is 8. The molecule has 0 fully saturated rings. The van der Waals surface area contributed by atoms with Crippen LogP contribution in [0.25, 0.3) is 0 Å². The molecular weight excluding hydrogens is 472 g/mol. The van der Waals surface area contributed by atoms with Crippen LogP contribution in [0.5, 0.6) is 0 Å². The molecule has 0 spiro atoms. The summed E-state index contributed by atoms with van der Waals surface area (Å²) in [5.41, 5.74) is 2.78. The minimum absolute atomic E-state index is 0.0307. The number of hydrogen-bond acceptors (Lipinski definition) is 6. The second-order valence-corrected chi connectivity index (χ2v) is 10.6. The van der Waals surface area contributed by atoms with E-state index in [1.165, 1.54) is 0 Å². The molecule has 0 aliphatic carbocycles. The van der Waals surface area contributed by atoms with E-state index in [0.717, 1.165) is 24.2 Å². The largest absolute Gasteiger partial charge is 0.461 e. The summed E-state index contributed by atoms with van der Waals surface area (Å²) >= 11 is 0. The van der Waals surface area contributed by atoms with Crippen LogP contribution in [-0.4, -0.2) is 60.0 Å². The van der Waals surface area contributed by atoms with Gasteiger partial charge in [0.1, 0.15) is 0 Å². The van der Waals surface area contributed by atoms with Gasteiger partial charge in [0.15, 0.2) is 0 Å². The summed E-state index contributed by atoms with van der Waals surface area (Å²) in [4.78, 5) is 37.8. The fourth-order valence-corrected chi connectivity index (χ4v) is 4.25. The van der Waals surface area contributed by atoms with E-state index in [1.54, 1.807) is 24.3 Å². The molecule has 0 bridgehead atoms. The number of hydrogen-bond donors (Lipinski definition) is 2. The number of carbonyl (C=O) groups is 3. The summed E-state index contributed by atoms with van der Waals surface area (Å²) in [5, 5.41) is 10.6. The molecule has 1 aromatic heterocycles. The van der Waals surface area contributed by atoms with Gasteiger partial charge in [0.05, 0.1) is 29.1 Å². The molecule has 1 aliphatic heterocycles. The molecule has 0 unspecified atom stereocenters. The smallest absolute Gasteiger partial charge is 0.338 e. The molecule has 1 aliphatic rings. The van der Waals surface area contributed by atoms with Crippen LogP contribution in [-0.2, 0) is 28.9 Å². The van der Waals surface area contributed by atoms with Crippen LogP contribution in [0.1, 0.15) is 89.9 Å². The maximum Gasteiger partial charge on any atom is 0.338 e. The molecule has 2 amide bonds. The number of aromatic nitrogens is 2. The normalized spacial score (nSPS) is 14.9. The van der Waals surface area contributed by atoms with E-state index in [9.17, 15) is 14.4 Å². The van der Waals surface area contributed by atoms with Gasteiger partial charge < -0.3 is 20.1 Å². The number of esters is 1. The van der Waals surface area contributed by atoms with Crippen molar-refractivity contribution in [1.29, 1.82) is 0 Å². The maximum absolute atomic E-state index is 13.0. The third kappa shape index (κ3) is 7.89. The Bertz CT molecular complexity index is 1090. The molecule has 0 saturated carbocycles. The number of nitrogens with zero attached hydrogens (tertiary/aromatic N) is 2. The van der Waals surface area contributed by atoms with Crippen LogP contribution in [0.15, 0.2) is 24.3 Å². The summed E-state index contributed by atoms with van der Waals surface area (Å²) in [6.07, 6.45) is 2.92. The van der Waals surface area contributed by atoms with Crippen molar-refractivity contribution in [1.82, 2.24) is 20.4 Å². The van der Waals surface area contributed by atoms with Crippen LogP contribution in [0.3, 0.4) is 0 Å². The monoisotopic (exact) mass is 512 g/mol. The molecule has 0 atom stereocenters. The van der Waals surface area contributed by atoms with Crippen LogP contribution in [0.4, 0.5) is 0 Å². The van der Waals surface area contributed by atoms with Gasteiger partial charge in [-0.05, 0) is 63.8 Å². The van der Waals surface area contributed by atoms with Crippen molar-refractivity contribution in [2.24, 2.45) is 5.41 Å². The van der Waals surface area contributed by atoms with Gasteiger partial charge in [-0.1, -0.05) is 20.8 Å². The molecule has 37 heavy (non-hydrogen) atoms. The van der Waals surface area contributed by atoms with E-state index in [1.807, 2.05) is 39.3 Å². The van der Waals surface area contributed by atoms with Gasteiger partial charge in [0, 0.05) is 43.3 Å². The fourth-order valence-electron chi connectivity index (χ4n) is 4.25. The first-order valence-corrected chi connectivity index (χ1v) is 13.1. The first-order valence-electron chi connectivity index (χ1n) is 13.1. The Labute approximate surface area is 219 Å². The molecule has 2 N–H and O–H groups in total. The standard InChI is InChI=1S/C28H40N4O5/c1-6-22-24-23(9-7-15-36-16-8-14-29-26(24)34)32(31-22)17-28(4,5)18-37-27(35)21-12-10-20(11-13-21)25(33)30-19(2)3/h10-13,19H,6-9,14-18H2,1-5H3,(H,29,34)(H,30,33). The molecule has 202 valence electrons. The zero-order valence-corrected chi connectivity index (χ0v) is 22.7. The summed E-state index contributed by atoms with van der Waals surface area (Å²) < 4.78 is 13.2. The van der Waals surface area contributed by atoms with Crippen LogP contribution in [0.2, 0.25) is 0 Å². The Morgan fingerprint density at radius 1 is 1.16 bits per heavy atom. The first kappa shape index (κ1) is 28.4. The van der Waals surface area contributed by atoms with Crippen LogP contribution < -0.4 is 10.6 Å². The average molecular weight is 513 g/mol. The zero-order valence-electron chi connectivity index (χ0n) is 22.7. The predicted molar refractivity (Wildman–Crippen MR) is 141 cm³/mol. The van der Waals surface area contributed by atoms with E-state index in [0.29, 0.717) is 55.8 Å². The summed E-state index contributed by atoms with van der Waals surface area (Å²) in [6.45, 7) is 12.3. The predicted octanol–water partition coefficient (Wildman–Crippen LogP) is 3.55. The van der Waals surface area contributed by atoms with Gasteiger partial charge in [-0.15, -0.1) is 0 Å². The Hall–Kier alpha value is -3.20. The quantitative estimate of drug-likeness (QED) is 0.523.